The number of anilines is 2. The Morgan fingerprint density at radius 3 is 2.44 bits per heavy atom. The monoisotopic (exact) mass is 425 g/mol. The number of rotatable bonds is 1. The first-order valence-corrected chi connectivity index (χ1v) is 9.56. The van der Waals surface area contributed by atoms with E-state index in [1.54, 1.807) is 24.3 Å². The normalized spacial score (nSPS) is 31.4. The van der Waals surface area contributed by atoms with Crippen LogP contribution < -0.4 is 15.5 Å². The second kappa shape index (κ2) is 5.50. The summed E-state index contributed by atoms with van der Waals surface area (Å²) < 4.78 is 0.862. The molecule has 0 aromatic heterocycles. The minimum absolute atomic E-state index is 0.263. The fraction of sp³-hybridized carbons (Fsp3) is 0.250. The van der Waals surface area contributed by atoms with Crippen LogP contribution in [0.2, 0.25) is 0 Å². The number of carbonyl (C=O) groups is 3. The lowest BCUT2D eigenvalue weighted by atomic mass is 9.76. The largest absolute Gasteiger partial charge is 0.324 e. The van der Waals surface area contributed by atoms with Crippen molar-refractivity contribution in [2.75, 3.05) is 10.2 Å². The number of hydrogen-bond donors (Lipinski definition) is 2. The Hall–Kier alpha value is -2.51. The average Bonchev–Trinajstić information content (AvgIpc) is 3.21. The first-order chi connectivity index (χ1) is 12.9. The second-order valence-electron chi connectivity index (χ2n) is 7.23. The molecule has 2 N–H and O–H groups in total. The van der Waals surface area contributed by atoms with Gasteiger partial charge in [-0.15, -0.1) is 0 Å². The molecule has 5 rings (SSSR count). The zero-order valence-electron chi connectivity index (χ0n) is 14.4. The van der Waals surface area contributed by atoms with Gasteiger partial charge in [0.1, 0.15) is 5.54 Å². The van der Waals surface area contributed by atoms with Crippen molar-refractivity contribution >= 4 is 45.0 Å². The summed E-state index contributed by atoms with van der Waals surface area (Å²) in [6, 6.07) is 14.1. The first-order valence-electron chi connectivity index (χ1n) is 8.77. The van der Waals surface area contributed by atoms with Gasteiger partial charge in [0, 0.05) is 21.8 Å². The second-order valence-corrected chi connectivity index (χ2v) is 8.15. The maximum absolute atomic E-state index is 13.4. The highest BCUT2D eigenvalue weighted by atomic mass is 79.9. The lowest BCUT2D eigenvalue weighted by Gasteiger charge is -2.29. The van der Waals surface area contributed by atoms with E-state index in [2.05, 4.69) is 26.6 Å². The fourth-order valence-corrected chi connectivity index (χ4v) is 5.03. The highest BCUT2D eigenvalue weighted by Gasteiger charge is 2.69. The molecule has 3 aliphatic rings. The van der Waals surface area contributed by atoms with E-state index in [0.29, 0.717) is 11.4 Å². The molecule has 27 heavy (non-hydrogen) atoms. The summed E-state index contributed by atoms with van der Waals surface area (Å²) in [6.07, 6.45) is 0. The van der Waals surface area contributed by atoms with Gasteiger partial charge in [0.2, 0.25) is 17.7 Å². The van der Waals surface area contributed by atoms with E-state index in [9.17, 15) is 14.4 Å². The quantitative estimate of drug-likeness (QED) is 0.687. The van der Waals surface area contributed by atoms with Crippen molar-refractivity contribution in [1.82, 2.24) is 5.32 Å². The minimum atomic E-state index is -1.21. The third kappa shape index (κ3) is 2.01. The maximum Gasteiger partial charge on any atom is 0.250 e. The maximum atomic E-state index is 13.4. The van der Waals surface area contributed by atoms with Gasteiger partial charge in [-0.1, -0.05) is 34.1 Å². The Labute approximate surface area is 164 Å². The smallest absolute Gasteiger partial charge is 0.250 e. The van der Waals surface area contributed by atoms with Crippen LogP contribution in [0.3, 0.4) is 0 Å². The van der Waals surface area contributed by atoms with Gasteiger partial charge >= 0.3 is 0 Å². The molecule has 2 aromatic rings. The summed E-state index contributed by atoms with van der Waals surface area (Å²) in [6.45, 7) is 1.86. The molecule has 136 valence electrons. The number of carbonyl (C=O) groups excluding carboxylic acids is 3. The number of hydrogen-bond acceptors (Lipinski definition) is 4. The Balaban J connectivity index is 1.66. The summed E-state index contributed by atoms with van der Waals surface area (Å²) >= 11 is 3.37. The molecule has 3 heterocycles. The number of halogens is 1. The van der Waals surface area contributed by atoms with Crippen LogP contribution in [0, 0.1) is 11.8 Å². The van der Waals surface area contributed by atoms with E-state index in [0.717, 1.165) is 10.0 Å². The zero-order chi connectivity index (χ0) is 18.9. The summed E-state index contributed by atoms with van der Waals surface area (Å²) in [4.78, 5) is 40.8. The topological polar surface area (TPSA) is 78.5 Å². The fourth-order valence-electron chi connectivity index (χ4n) is 4.76. The van der Waals surface area contributed by atoms with Gasteiger partial charge in [-0.05, 0) is 37.3 Å². The predicted octanol–water partition coefficient (Wildman–Crippen LogP) is 2.39. The van der Waals surface area contributed by atoms with Crippen LogP contribution in [-0.2, 0) is 19.9 Å². The van der Waals surface area contributed by atoms with Crippen molar-refractivity contribution in [3.63, 3.8) is 0 Å². The van der Waals surface area contributed by atoms with Crippen LogP contribution in [0.25, 0.3) is 0 Å². The summed E-state index contributed by atoms with van der Waals surface area (Å²) in [5.74, 6) is -2.23. The number of nitrogens with zero attached hydrogens (tertiary/aromatic N) is 1. The minimum Gasteiger partial charge on any atom is -0.324 e. The molecule has 4 atom stereocenters. The van der Waals surface area contributed by atoms with E-state index < -0.39 is 17.4 Å². The van der Waals surface area contributed by atoms with E-state index in [4.69, 9.17) is 0 Å². The van der Waals surface area contributed by atoms with E-state index in [1.165, 1.54) is 4.90 Å². The SMILES string of the molecule is C[C@@H]1N[C@@]2(C(=O)Nc3ccccc32)[C@@H]2C(=O)N(c3ccc(Br)cc3)C(=O)[C@H]12. The highest BCUT2D eigenvalue weighted by Crippen LogP contribution is 2.53. The lowest BCUT2D eigenvalue weighted by Crippen LogP contribution is -2.53. The molecule has 3 amide bonds. The lowest BCUT2D eigenvalue weighted by molar-refractivity contribution is -0.130. The number of imide groups is 1. The Kier molecular flexibility index (Phi) is 3.39. The van der Waals surface area contributed by atoms with Crippen LogP contribution in [0.1, 0.15) is 12.5 Å². The van der Waals surface area contributed by atoms with Crippen molar-refractivity contribution in [3.8, 4) is 0 Å². The number of fused-ring (bicyclic) bond motifs is 4. The molecular formula is C20H16BrN3O3. The van der Waals surface area contributed by atoms with Crippen LogP contribution >= 0.6 is 15.9 Å². The van der Waals surface area contributed by atoms with Gasteiger partial charge in [-0.3, -0.25) is 19.7 Å². The van der Waals surface area contributed by atoms with Gasteiger partial charge in [-0.25, -0.2) is 4.90 Å². The summed E-state index contributed by atoms with van der Waals surface area (Å²) in [5.41, 5.74) is 0.729. The molecular weight excluding hydrogens is 410 g/mol. The zero-order valence-corrected chi connectivity index (χ0v) is 16.0. The van der Waals surface area contributed by atoms with Gasteiger partial charge < -0.3 is 5.32 Å². The van der Waals surface area contributed by atoms with Crippen molar-refractivity contribution in [1.29, 1.82) is 0 Å². The van der Waals surface area contributed by atoms with Crippen LogP contribution in [0.5, 0.6) is 0 Å². The van der Waals surface area contributed by atoms with Crippen molar-refractivity contribution in [2.24, 2.45) is 11.8 Å². The first kappa shape index (κ1) is 16.6. The predicted molar refractivity (Wildman–Crippen MR) is 103 cm³/mol. The molecule has 2 saturated heterocycles. The van der Waals surface area contributed by atoms with Crippen molar-refractivity contribution in [2.45, 2.75) is 18.5 Å². The number of nitrogens with one attached hydrogen (secondary N) is 2. The molecule has 0 radical (unpaired) electrons. The summed E-state index contributed by atoms with van der Waals surface area (Å²) in [5, 5.41) is 6.16. The molecule has 3 aliphatic heterocycles. The van der Waals surface area contributed by atoms with Crippen LogP contribution in [0.15, 0.2) is 53.0 Å². The van der Waals surface area contributed by atoms with E-state index in [1.807, 2.05) is 31.2 Å². The van der Waals surface area contributed by atoms with Gasteiger partial charge in [0.15, 0.2) is 0 Å². The Morgan fingerprint density at radius 1 is 1.00 bits per heavy atom. The number of para-hydroxylation sites is 1. The van der Waals surface area contributed by atoms with Gasteiger partial charge in [0.25, 0.3) is 0 Å². The molecule has 0 bridgehead atoms. The van der Waals surface area contributed by atoms with Crippen LogP contribution in [0.4, 0.5) is 11.4 Å². The standard InChI is InChI=1S/C20H16BrN3O3/c1-10-15-16(18(26)24(17(15)25)12-8-6-11(21)7-9-12)20(23-10)13-4-2-3-5-14(13)22-19(20)27/h2-10,15-16,23H,1H3,(H,22,27)/t10-,15+,16-,20+/m0/s1. The average molecular weight is 426 g/mol. The molecule has 1 spiro atoms. The molecule has 2 aromatic carbocycles. The summed E-state index contributed by atoms with van der Waals surface area (Å²) in [7, 11) is 0. The number of benzene rings is 2. The third-order valence-electron chi connectivity index (χ3n) is 5.85. The molecule has 0 saturated carbocycles. The molecule has 7 heteroatoms. The Morgan fingerprint density at radius 2 is 1.70 bits per heavy atom. The van der Waals surface area contributed by atoms with Crippen molar-refractivity contribution in [3.05, 3.63) is 58.6 Å². The molecule has 2 fully saturated rings. The van der Waals surface area contributed by atoms with Gasteiger partial charge in [-0.2, -0.15) is 0 Å². The van der Waals surface area contributed by atoms with Crippen LogP contribution in [-0.4, -0.2) is 23.8 Å². The third-order valence-corrected chi connectivity index (χ3v) is 6.38. The van der Waals surface area contributed by atoms with E-state index in [-0.39, 0.29) is 23.8 Å². The van der Waals surface area contributed by atoms with E-state index >= 15 is 0 Å². The number of amides is 3. The Bertz CT molecular complexity index is 1010. The molecule has 0 aliphatic carbocycles. The van der Waals surface area contributed by atoms with Gasteiger partial charge in [0.05, 0.1) is 17.5 Å². The molecule has 6 nitrogen and oxygen atoms in total. The molecule has 0 unspecified atom stereocenters. The highest BCUT2D eigenvalue weighted by molar-refractivity contribution is 9.10. The van der Waals surface area contributed by atoms with Crippen molar-refractivity contribution < 1.29 is 14.4 Å².